The van der Waals surface area contributed by atoms with Crippen LogP contribution in [0, 0.1) is 5.92 Å². The van der Waals surface area contributed by atoms with Crippen molar-refractivity contribution in [3.63, 3.8) is 0 Å². The van der Waals surface area contributed by atoms with E-state index >= 15 is 0 Å². The van der Waals surface area contributed by atoms with E-state index in [1.165, 1.54) is 0 Å². The Morgan fingerprint density at radius 1 is 1.12 bits per heavy atom. The topological polar surface area (TPSA) is 61.5 Å². The predicted octanol–water partition coefficient (Wildman–Crippen LogP) is 4.39. The maximum atomic E-state index is 12.1. The zero-order chi connectivity index (χ0) is 18.4. The van der Waals surface area contributed by atoms with E-state index in [1.807, 2.05) is 61.5 Å². The van der Waals surface area contributed by atoms with Gasteiger partial charge in [-0.3, -0.25) is 4.79 Å². The lowest BCUT2D eigenvalue weighted by molar-refractivity contribution is -0.146. The molecule has 4 heteroatoms. The van der Waals surface area contributed by atoms with Crippen LogP contribution in [0.4, 0.5) is 0 Å². The molecule has 2 aromatic rings. The summed E-state index contributed by atoms with van der Waals surface area (Å²) in [6, 6.07) is 17.8. The molecule has 138 valence electrons. The number of carbonyl (C=O) groups excluding carboxylic acids is 1. The van der Waals surface area contributed by atoms with Crippen molar-refractivity contribution in [2.45, 2.75) is 51.4 Å². The Balaban J connectivity index is 1.41. The average molecular weight is 353 g/mol. The number of hydrogen-bond acceptors (Lipinski definition) is 4. The first-order valence-electron chi connectivity index (χ1n) is 9.32. The van der Waals surface area contributed by atoms with Crippen LogP contribution in [0.5, 0.6) is 5.75 Å². The molecule has 0 spiro atoms. The highest BCUT2D eigenvalue weighted by Gasteiger charge is 2.28. The van der Waals surface area contributed by atoms with Gasteiger partial charge in [0.1, 0.15) is 12.4 Å². The van der Waals surface area contributed by atoms with Crippen LogP contribution in [0.25, 0.3) is 0 Å². The zero-order valence-electron chi connectivity index (χ0n) is 15.3. The van der Waals surface area contributed by atoms with E-state index in [0.29, 0.717) is 18.9 Å². The van der Waals surface area contributed by atoms with Crippen LogP contribution < -0.4 is 10.5 Å². The molecule has 1 fully saturated rings. The van der Waals surface area contributed by atoms with Crippen molar-refractivity contribution in [1.82, 2.24) is 0 Å². The van der Waals surface area contributed by atoms with E-state index in [0.717, 1.165) is 36.1 Å². The Kier molecular flexibility index (Phi) is 6.29. The van der Waals surface area contributed by atoms with Crippen molar-refractivity contribution in [3.05, 3.63) is 65.7 Å². The summed E-state index contributed by atoms with van der Waals surface area (Å²) in [5.74, 6) is 1.08. The molecule has 0 aliphatic heterocycles. The second-order valence-corrected chi connectivity index (χ2v) is 7.13. The molecular formula is C22H27NO3. The van der Waals surface area contributed by atoms with Crippen LogP contribution in [0.1, 0.15) is 49.8 Å². The average Bonchev–Trinajstić information content (AvgIpc) is 3.08. The van der Waals surface area contributed by atoms with E-state index < -0.39 is 0 Å². The van der Waals surface area contributed by atoms with E-state index in [-0.39, 0.29) is 18.1 Å². The summed E-state index contributed by atoms with van der Waals surface area (Å²) in [6.07, 6.45) is 3.52. The second kappa shape index (κ2) is 8.86. The largest absolute Gasteiger partial charge is 0.490 e. The van der Waals surface area contributed by atoms with Gasteiger partial charge in [0.05, 0.1) is 6.10 Å². The SMILES string of the molecule is C[C@H](N)c1ccc(O[C@@H]2CCC(CC(=O)OCc3ccccc3)C2)cc1. The Morgan fingerprint density at radius 2 is 1.85 bits per heavy atom. The molecule has 3 rings (SSSR count). The number of nitrogens with two attached hydrogens (primary N) is 1. The summed E-state index contributed by atoms with van der Waals surface area (Å²) >= 11 is 0. The minimum absolute atomic E-state index is 0.0295. The normalized spacial score (nSPS) is 20.5. The van der Waals surface area contributed by atoms with Crippen LogP contribution in [-0.4, -0.2) is 12.1 Å². The summed E-state index contributed by atoms with van der Waals surface area (Å²) in [5.41, 5.74) is 7.99. The highest BCUT2D eigenvalue weighted by molar-refractivity contribution is 5.69. The lowest BCUT2D eigenvalue weighted by atomic mass is 10.0. The lowest BCUT2D eigenvalue weighted by Gasteiger charge is -2.15. The Bertz CT molecular complexity index is 697. The van der Waals surface area contributed by atoms with E-state index in [9.17, 15) is 4.79 Å². The maximum Gasteiger partial charge on any atom is 0.306 e. The lowest BCUT2D eigenvalue weighted by Crippen LogP contribution is -2.14. The molecule has 2 N–H and O–H groups in total. The highest BCUT2D eigenvalue weighted by atomic mass is 16.5. The van der Waals surface area contributed by atoms with Gasteiger partial charge >= 0.3 is 5.97 Å². The number of benzene rings is 2. The van der Waals surface area contributed by atoms with Gasteiger partial charge in [-0.05, 0) is 55.4 Å². The van der Waals surface area contributed by atoms with Gasteiger partial charge in [0.25, 0.3) is 0 Å². The quantitative estimate of drug-likeness (QED) is 0.750. The Hall–Kier alpha value is -2.33. The summed E-state index contributed by atoms with van der Waals surface area (Å²) in [4.78, 5) is 12.1. The summed E-state index contributed by atoms with van der Waals surface area (Å²) < 4.78 is 11.4. The molecule has 2 aromatic carbocycles. The van der Waals surface area contributed by atoms with Gasteiger partial charge in [-0.1, -0.05) is 42.5 Å². The summed E-state index contributed by atoms with van der Waals surface area (Å²) in [6.45, 7) is 2.31. The first-order chi connectivity index (χ1) is 12.6. The third-order valence-corrected chi connectivity index (χ3v) is 4.90. The molecule has 26 heavy (non-hydrogen) atoms. The van der Waals surface area contributed by atoms with Crippen molar-refractivity contribution in [2.75, 3.05) is 0 Å². The van der Waals surface area contributed by atoms with Crippen LogP contribution in [0.15, 0.2) is 54.6 Å². The van der Waals surface area contributed by atoms with Crippen LogP contribution in [0.2, 0.25) is 0 Å². The van der Waals surface area contributed by atoms with Gasteiger partial charge in [-0.15, -0.1) is 0 Å². The zero-order valence-corrected chi connectivity index (χ0v) is 15.3. The van der Waals surface area contributed by atoms with Crippen LogP contribution >= 0.6 is 0 Å². The van der Waals surface area contributed by atoms with Gasteiger partial charge < -0.3 is 15.2 Å². The Labute approximate surface area is 155 Å². The fourth-order valence-electron chi connectivity index (χ4n) is 3.40. The molecule has 0 aromatic heterocycles. The number of hydrogen-bond donors (Lipinski definition) is 1. The number of rotatable bonds is 7. The summed E-state index contributed by atoms with van der Waals surface area (Å²) in [5, 5.41) is 0. The van der Waals surface area contributed by atoms with Gasteiger partial charge in [0, 0.05) is 12.5 Å². The number of ether oxygens (including phenoxy) is 2. The molecule has 4 nitrogen and oxygen atoms in total. The first kappa shape index (κ1) is 18.5. The summed E-state index contributed by atoms with van der Waals surface area (Å²) in [7, 11) is 0. The fraction of sp³-hybridized carbons (Fsp3) is 0.409. The first-order valence-corrected chi connectivity index (χ1v) is 9.32. The van der Waals surface area contributed by atoms with Gasteiger partial charge in [0.2, 0.25) is 0 Å². The third kappa shape index (κ3) is 5.33. The van der Waals surface area contributed by atoms with Crippen molar-refractivity contribution in [3.8, 4) is 5.75 Å². The molecule has 0 amide bonds. The predicted molar refractivity (Wildman–Crippen MR) is 102 cm³/mol. The molecule has 1 unspecified atom stereocenters. The minimum Gasteiger partial charge on any atom is -0.490 e. The fourth-order valence-corrected chi connectivity index (χ4v) is 3.40. The molecule has 0 heterocycles. The van der Waals surface area contributed by atoms with E-state index in [4.69, 9.17) is 15.2 Å². The maximum absolute atomic E-state index is 12.1. The molecule has 0 radical (unpaired) electrons. The van der Waals surface area contributed by atoms with Gasteiger partial charge in [0.15, 0.2) is 0 Å². The number of carbonyl (C=O) groups is 1. The van der Waals surface area contributed by atoms with Gasteiger partial charge in [-0.25, -0.2) is 0 Å². The molecule has 0 saturated heterocycles. The highest BCUT2D eigenvalue weighted by Crippen LogP contribution is 2.32. The van der Waals surface area contributed by atoms with Crippen LogP contribution in [-0.2, 0) is 16.1 Å². The van der Waals surface area contributed by atoms with Crippen molar-refractivity contribution < 1.29 is 14.3 Å². The molecule has 1 aliphatic rings. The van der Waals surface area contributed by atoms with Crippen LogP contribution in [0.3, 0.4) is 0 Å². The van der Waals surface area contributed by atoms with Crippen molar-refractivity contribution >= 4 is 5.97 Å². The smallest absolute Gasteiger partial charge is 0.306 e. The van der Waals surface area contributed by atoms with Crippen molar-refractivity contribution in [2.24, 2.45) is 11.7 Å². The van der Waals surface area contributed by atoms with E-state index in [1.54, 1.807) is 0 Å². The molecule has 1 saturated carbocycles. The van der Waals surface area contributed by atoms with Crippen molar-refractivity contribution in [1.29, 1.82) is 0 Å². The molecule has 3 atom stereocenters. The molecule has 1 aliphatic carbocycles. The Morgan fingerprint density at radius 3 is 2.54 bits per heavy atom. The van der Waals surface area contributed by atoms with E-state index in [2.05, 4.69) is 0 Å². The monoisotopic (exact) mass is 353 g/mol. The third-order valence-electron chi connectivity index (χ3n) is 4.90. The minimum atomic E-state index is -0.124. The number of esters is 1. The molecular weight excluding hydrogens is 326 g/mol. The standard InChI is InChI=1S/C22H27NO3/c1-16(23)19-8-11-20(12-9-19)26-21-10-7-18(13-21)14-22(24)25-15-17-5-3-2-4-6-17/h2-6,8-9,11-12,16,18,21H,7,10,13-15,23H2,1H3/t16-,18?,21+/m0/s1. The molecule has 0 bridgehead atoms. The second-order valence-electron chi connectivity index (χ2n) is 7.13. The van der Waals surface area contributed by atoms with Gasteiger partial charge in [-0.2, -0.15) is 0 Å².